The molecule has 1 aliphatic rings. The summed E-state index contributed by atoms with van der Waals surface area (Å²) in [6.45, 7) is 3.07. The van der Waals surface area contributed by atoms with Gasteiger partial charge in [0.15, 0.2) is 0 Å². The Morgan fingerprint density at radius 1 is 1.38 bits per heavy atom. The number of likely N-dealkylation sites (tertiary alicyclic amines) is 1. The number of hydrogen-bond acceptors (Lipinski definition) is 3. The highest BCUT2D eigenvalue weighted by Gasteiger charge is 2.31. The van der Waals surface area contributed by atoms with Crippen molar-refractivity contribution in [1.29, 1.82) is 0 Å². The minimum absolute atomic E-state index is 0.0437. The first-order valence-electron chi connectivity index (χ1n) is 6.87. The zero-order valence-electron chi connectivity index (χ0n) is 11.7. The highest BCUT2D eigenvalue weighted by Crippen LogP contribution is 2.28. The Labute approximate surface area is 121 Å². The molecule has 21 heavy (non-hydrogen) atoms. The SMILES string of the molecule is CC(N)C1CCN(C(=O)c2ccc(C(F)(F)F)cn2)CC1. The van der Waals surface area contributed by atoms with Gasteiger partial charge in [0.25, 0.3) is 5.91 Å². The Hall–Kier alpha value is -1.63. The molecular weight excluding hydrogens is 283 g/mol. The number of amides is 1. The fourth-order valence-electron chi connectivity index (χ4n) is 2.48. The Kier molecular flexibility index (Phi) is 4.51. The van der Waals surface area contributed by atoms with Crippen molar-refractivity contribution >= 4 is 5.91 Å². The zero-order chi connectivity index (χ0) is 15.6. The molecule has 1 unspecified atom stereocenters. The number of halogens is 3. The van der Waals surface area contributed by atoms with Crippen LogP contribution >= 0.6 is 0 Å². The van der Waals surface area contributed by atoms with E-state index in [1.807, 2.05) is 6.92 Å². The average molecular weight is 301 g/mol. The summed E-state index contributed by atoms with van der Waals surface area (Å²) in [5.74, 6) is 0.0569. The smallest absolute Gasteiger partial charge is 0.337 e. The van der Waals surface area contributed by atoms with E-state index in [0.29, 0.717) is 25.2 Å². The van der Waals surface area contributed by atoms with E-state index in [-0.39, 0.29) is 17.6 Å². The number of carbonyl (C=O) groups is 1. The van der Waals surface area contributed by atoms with Crippen molar-refractivity contribution in [2.75, 3.05) is 13.1 Å². The second-order valence-electron chi connectivity index (χ2n) is 5.42. The van der Waals surface area contributed by atoms with Gasteiger partial charge in [-0.1, -0.05) is 0 Å². The van der Waals surface area contributed by atoms with E-state index < -0.39 is 11.7 Å². The minimum atomic E-state index is -4.44. The topological polar surface area (TPSA) is 59.2 Å². The first-order chi connectivity index (χ1) is 9.79. The molecule has 1 aliphatic heterocycles. The summed E-state index contributed by atoms with van der Waals surface area (Å²) in [5, 5.41) is 0. The maximum Gasteiger partial charge on any atom is 0.417 e. The lowest BCUT2D eigenvalue weighted by Gasteiger charge is -2.33. The molecule has 1 atom stereocenters. The molecule has 1 saturated heterocycles. The van der Waals surface area contributed by atoms with Crippen LogP contribution in [0, 0.1) is 5.92 Å². The van der Waals surface area contributed by atoms with Crippen LogP contribution < -0.4 is 5.73 Å². The number of aromatic nitrogens is 1. The lowest BCUT2D eigenvalue weighted by atomic mass is 9.91. The van der Waals surface area contributed by atoms with E-state index in [2.05, 4.69) is 4.98 Å². The summed E-state index contributed by atoms with van der Waals surface area (Å²) in [7, 11) is 0. The third kappa shape index (κ3) is 3.72. The van der Waals surface area contributed by atoms with E-state index in [9.17, 15) is 18.0 Å². The van der Waals surface area contributed by atoms with E-state index in [4.69, 9.17) is 5.73 Å². The number of carbonyl (C=O) groups excluding carboxylic acids is 1. The molecule has 0 bridgehead atoms. The number of hydrogen-bond donors (Lipinski definition) is 1. The van der Waals surface area contributed by atoms with E-state index in [1.54, 1.807) is 4.90 Å². The Morgan fingerprint density at radius 2 is 2.00 bits per heavy atom. The van der Waals surface area contributed by atoms with Gasteiger partial charge in [0, 0.05) is 25.3 Å². The molecule has 4 nitrogen and oxygen atoms in total. The molecule has 0 radical (unpaired) electrons. The Morgan fingerprint density at radius 3 is 2.43 bits per heavy atom. The second kappa shape index (κ2) is 6.01. The average Bonchev–Trinajstić information content (AvgIpc) is 2.46. The summed E-state index contributed by atoms with van der Waals surface area (Å²) >= 11 is 0. The first-order valence-corrected chi connectivity index (χ1v) is 6.87. The molecule has 2 N–H and O–H groups in total. The van der Waals surface area contributed by atoms with E-state index in [0.717, 1.165) is 25.0 Å². The van der Waals surface area contributed by atoms with Gasteiger partial charge >= 0.3 is 6.18 Å². The van der Waals surface area contributed by atoms with Gasteiger partial charge in [-0.15, -0.1) is 0 Å². The highest BCUT2D eigenvalue weighted by atomic mass is 19.4. The third-order valence-electron chi connectivity index (χ3n) is 3.88. The van der Waals surface area contributed by atoms with Gasteiger partial charge in [-0.05, 0) is 37.8 Å². The Bertz CT molecular complexity index is 491. The van der Waals surface area contributed by atoms with Gasteiger partial charge in [0.2, 0.25) is 0 Å². The maximum absolute atomic E-state index is 12.4. The van der Waals surface area contributed by atoms with Crippen LogP contribution in [0.1, 0.15) is 35.8 Å². The van der Waals surface area contributed by atoms with Crippen LogP contribution in [0.25, 0.3) is 0 Å². The molecule has 116 valence electrons. The number of nitrogens with two attached hydrogens (primary N) is 1. The molecule has 0 aromatic carbocycles. The summed E-state index contributed by atoms with van der Waals surface area (Å²) in [4.78, 5) is 17.4. The monoisotopic (exact) mass is 301 g/mol. The molecule has 1 fully saturated rings. The fourth-order valence-corrected chi connectivity index (χ4v) is 2.48. The van der Waals surface area contributed by atoms with Crippen LogP contribution in [0.2, 0.25) is 0 Å². The van der Waals surface area contributed by atoms with Crippen LogP contribution in [0.5, 0.6) is 0 Å². The van der Waals surface area contributed by atoms with Gasteiger partial charge < -0.3 is 10.6 Å². The standard InChI is InChI=1S/C14H18F3N3O/c1-9(18)10-4-6-20(7-5-10)13(21)12-3-2-11(8-19-12)14(15,16)17/h2-3,8-10H,4-7,18H2,1H3. The van der Waals surface area contributed by atoms with Crippen molar-refractivity contribution in [3.05, 3.63) is 29.6 Å². The van der Waals surface area contributed by atoms with E-state index in [1.165, 1.54) is 0 Å². The Balaban J connectivity index is 2.01. The molecular formula is C14H18F3N3O. The zero-order valence-corrected chi connectivity index (χ0v) is 11.7. The van der Waals surface area contributed by atoms with Gasteiger partial charge in [-0.25, -0.2) is 0 Å². The maximum atomic E-state index is 12.4. The van der Waals surface area contributed by atoms with Crippen molar-refractivity contribution in [3.63, 3.8) is 0 Å². The van der Waals surface area contributed by atoms with Gasteiger partial charge in [-0.2, -0.15) is 13.2 Å². The van der Waals surface area contributed by atoms with Crippen molar-refractivity contribution in [3.8, 4) is 0 Å². The number of pyridine rings is 1. The predicted molar refractivity (Wildman–Crippen MR) is 71.5 cm³/mol. The molecule has 2 rings (SSSR count). The number of alkyl halides is 3. The second-order valence-corrected chi connectivity index (χ2v) is 5.42. The van der Waals surface area contributed by atoms with Crippen LogP contribution in [0.15, 0.2) is 18.3 Å². The van der Waals surface area contributed by atoms with Crippen molar-refractivity contribution in [2.24, 2.45) is 11.7 Å². The third-order valence-corrected chi connectivity index (χ3v) is 3.88. The molecule has 2 heterocycles. The molecule has 0 aliphatic carbocycles. The van der Waals surface area contributed by atoms with Gasteiger partial charge in [0.05, 0.1) is 5.56 Å². The quantitative estimate of drug-likeness (QED) is 0.912. The molecule has 1 aromatic rings. The number of piperidine rings is 1. The molecule has 7 heteroatoms. The van der Waals surface area contributed by atoms with Crippen molar-refractivity contribution in [1.82, 2.24) is 9.88 Å². The first kappa shape index (κ1) is 15.8. The van der Waals surface area contributed by atoms with Crippen LogP contribution in [-0.4, -0.2) is 34.9 Å². The van der Waals surface area contributed by atoms with Gasteiger partial charge in [-0.3, -0.25) is 9.78 Å². The van der Waals surface area contributed by atoms with Gasteiger partial charge in [0.1, 0.15) is 5.69 Å². The molecule has 0 saturated carbocycles. The lowest BCUT2D eigenvalue weighted by Crippen LogP contribution is -2.42. The van der Waals surface area contributed by atoms with Crippen LogP contribution in [0.3, 0.4) is 0 Å². The molecule has 1 amide bonds. The summed E-state index contributed by atoms with van der Waals surface area (Å²) in [5.41, 5.74) is 5.03. The predicted octanol–water partition coefficient (Wildman–Crippen LogP) is 2.30. The van der Waals surface area contributed by atoms with Crippen LogP contribution in [0.4, 0.5) is 13.2 Å². The summed E-state index contributed by atoms with van der Waals surface area (Å²) < 4.78 is 37.3. The fraction of sp³-hybridized carbons (Fsp3) is 0.571. The van der Waals surface area contributed by atoms with Crippen LogP contribution in [-0.2, 0) is 6.18 Å². The highest BCUT2D eigenvalue weighted by molar-refractivity contribution is 5.92. The minimum Gasteiger partial charge on any atom is -0.337 e. The largest absolute Gasteiger partial charge is 0.417 e. The van der Waals surface area contributed by atoms with E-state index >= 15 is 0 Å². The summed E-state index contributed by atoms with van der Waals surface area (Å²) in [6.07, 6.45) is -2.12. The lowest BCUT2D eigenvalue weighted by molar-refractivity contribution is -0.137. The van der Waals surface area contributed by atoms with Crippen molar-refractivity contribution in [2.45, 2.75) is 32.0 Å². The van der Waals surface area contributed by atoms with Crippen molar-refractivity contribution < 1.29 is 18.0 Å². The molecule has 0 spiro atoms. The molecule has 1 aromatic heterocycles. The number of nitrogens with zero attached hydrogens (tertiary/aromatic N) is 2. The summed E-state index contributed by atoms with van der Waals surface area (Å²) in [6, 6.07) is 2.10. The number of rotatable bonds is 2. The normalized spacial score (nSPS) is 18.6.